The van der Waals surface area contributed by atoms with Crippen LogP contribution in [0.3, 0.4) is 0 Å². The SMILES string of the molecule is C1=CC(c2ccccc2)Nc2c1ccc1c2NC(c2ccc3oc4c(c3c2)c2ccccc2c2nc3ccccc3n24)C=C1. The summed E-state index contributed by atoms with van der Waals surface area (Å²) in [5.74, 6) is 0. The van der Waals surface area contributed by atoms with E-state index < -0.39 is 0 Å². The van der Waals surface area contributed by atoms with Gasteiger partial charge in [-0.25, -0.2) is 4.98 Å². The molecule has 5 heterocycles. The van der Waals surface area contributed by atoms with Gasteiger partial charge in [-0.05, 0) is 51.9 Å². The van der Waals surface area contributed by atoms with Crippen molar-refractivity contribution in [3.63, 3.8) is 0 Å². The van der Waals surface area contributed by atoms with Crippen molar-refractivity contribution in [3.8, 4) is 0 Å². The van der Waals surface area contributed by atoms with Crippen molar-refractivity contribution in [2.24, 2.45) is 0 Å². The number of hydrogen-bond acceptors (Lipinski definition) is 4. The highest BCUT2D eigenvalue weighted by molar-refractivity contribution is 6.22. The number of pyridine rings is 1. The number of para-hydroxylation sites is 2. The number of benzene rings is 5. The maximum absolute atomic E-state index is 6.63. The number of rotatable bonds is 2. The zero-order valence-corrected chi connectivity index (χ0v) is 23.7. The third-order valence-electron chi connectivity index (χ3n) is 9.22. The fourth-order valence-corrected chi connectivity index (χ4v) is 7.10. The van der Waals surface area contributed by atoms with Gasteiger partial charge in [0.15, 0.2) is 0 Å². The Bertz CT molecular complexity index is 2520. The fourth-order valence-electron chi connectivity index (χ4n) is 7.10. The first-order chi connectivity index (χ1) is 21.8. The molecule has 0 spiro atoms. The average Bonchev–Trinajstić information content (AvgIpc) is 3.67. The monoisotopic (exact) mass is 566 g/mol. The normalized spacial score (nSPS) is 17.3. The summed E-state index contributed by atoms with van der Waals surface area (Å²) in [4.78, 5) is 5.01. The topological polar surface area (TPSA) is 54.5 Å². The summed E-state index contributed by atoms with van der Waals surface area (Å²) in [5, 5.41) is 12.2. The van der Waals surface area contributed by atoms with Gasteiger partial charge in [0.2, 0.25) is 5.71 Å². The van der Waals surface area contributed by atoms with E-state index >= 15 is 0 Å². The summed E-state index contributed by atoms with van der Waals surface area (Å²) in [6.07, 6.45) is 8.96. The zero-order valence-electron chi connectivity index (χ0n) is 23.7. The van der Waals surface area contributed by atoms with E-state index in [4.69, 9.17) is 9.40 Å². The summed E-state index contributed by atoms with van der Waals surface area (Å²) in [5.41, 5.74) is 11.7. The number of hydrogen-bond donors (Lipinski definition) is 2. The Labute approximate surface area is 252 Å². The Balaban J connectivity index is 1.12. The van der Waals surface area contributed by atoms with Crippen LogP contribution in [0, 0.1) is 0 Å². The van der Waals surface area contributed by atoms with Crippen LogP contribution in [0.25, 0.3) is 61.7 Å². The Morgan fingerprint density at radius 1 is 0.614 bits per heavy atom. The Morgan fingerprint density at radius 2 is 1.30 bits per heavy atom. The number of anilines is 2. The van der Waals surface area contributed by atoms with Gasteiger partial charge in [0, 0.05) is 10.8 Å². The standard InChI is InChI=1S/C39H26N4O/c1-2-8-23(9-3-1)30-19-16-24-14-15-25-17-20-31(41-37(25)36(24)40-30)26-18-21-34-29(22-26)35-27-10-4-5-11-28(27)38-42-32-12-6-7-13-33(32)43(38)39(35)44-34/h1-22,30-31,40-41H. The zero-order chi connectivity index (χ0) is 28.8. The number of nitrogens with one attached hydrogen (secondary N) is 2. The molecular formula is C39H26N4O. The van der Waals surface area contributed by atoms with Crippen LogP contribution in [-0.2, 0) is 0 Å². The van der Waals surface area contributed by atoms with Crippen molar-refractivity contribution < 1.29 is 4.42 Å². The van der Waals surface area contributed by atoms with Gasteiger partial charge >= 0.3 is 0 Å². The van der Waals surface area contributed by atoms with Crippen LogP contribution in [0.2, 0.25) is 0 Å². The van der Waals surface area contributed by atoms with Crippen molar-refractivity contribution in [2.75, 3.05) is 10.6 Å². The molecule has 44 heavy (non-hydrogen) atoms. The molecule has 0 fully saturated rings. The van der Waals surface area contributed by atoms with Gasteiger partial charge in [-0.1, -0.05) is 109 Å². The van der Waals surface area contributed by atoms with Crippen LogP contribution in [0.5, 0.6) is 0 Å². The Hall–Kier alpha value is -5.81. The Kier molecular flexibility index (Phi) is 4.77. The van der Waals surface area contributed by atoms with E-state index in [1.54, 1.807) is 0 Å². The first-order valence-corrected chi connectivity index (χ1v) is 15.1. The molecular weight excluding hydrogens is 540 g/mol. The minimum Gasteiger partial charge on any atom is -0.439 e. The molecule has 2 unspecified atom stereocenters. The largest absolute Gasteiger partial charge is 0.439 e. The number of fused-ring (bicyclic) bond motifs is 13. The van der Waals surface area contributed by atoms with Gasteiger partial charge < -0.3 is 15.1 Å². The summed E-state index contributed by atoms with van der Waals surface area (Å²) < 4.78 is 8.81. The predicted octanol–water partition coefficient (Wildman–Crippen LogP) is 9.90. The molecule has 208 valence electrons. The highest BCUT2D eigenvalue weighted by Gasteiger charge is 2.25. The predicted molar refractivity (Wildman–Crippen MR) is 181 cm³/mol. The lowest BCUT2D eigenvalue weighted by molar-refractivity contribution is 0.650. The molecule has 2 N–H and O–H groups in total. The van der Waals surface area contributed by atoms with Crippen molar-refractivity contribution in [1.82, 2.24) is 9.38 Å². The second-order valence-corrected chi connectivity index (χ2v) is 11.7. The summed E-state index contributed by atoms with van der Waals surface area (Å²) in [6, 6.07) is 38.5. The smallest absolute Gasteiger partial charge is 0.215 e. The first-order valence-electron chi connectivity index (χ1n) is 15.1. The quantitative estimate of drug-likeness (QED) is 0.219. The molecule has 0 bridgehead atoms. The molecule has 2 atom stereocenters. The van der Waals surface area contributed by atoms with Gasteiger partial charge in [-0.2, -0.15) is 0 Å². The van der Waals surface area contributed by atoms with E-state index in [9.17, 15) is 0 Å². The van der Waals surface area contributed by atoms with Gasteiger partial charge in [0.05, 0.1) is 39.9 Å². The van der Waals surface area contributed by atoms with Crippen LogP contribution < -0.4 is 10.6 Å². The summed E-state index contributed by atoms with van der Waals surface area (Å²) in [6.45, 7) is 0. The lowest BCUT2D eigenvalue weighted by Gasteiger charge is -2.30. The van der Waals surface area contributed by atoms with Crippen LogP contribution in [-0.4, -0.2) is 9.38 Å². The van der Waals surface area contributed by atoms with Crippen molar-refractivity contribution in [3.05, 3.63) is 144 Å². The molecule has 2 aliphatic rings. The van der Waals surface area contributed by atoms with E-state index in [2.05, 4.69) is 142 Å². The van der Waals surface area contributed by atoms with E-state index in [1.807, 2.05) is 6.07 Å². The molecule has 0 saturated heterocycles. The maximum Gasteiger partial charge on any atom is 0.215 e. The minimum absolute atomic E-state index is 0.00954. The van der Waals surface area contributed by atoms with E-state index in [0.717, 1.165) is 60.9 Å². The molecule has 0 saturated carbocycles. The molecule has 2 aliphatic heterocycles. The highest BCUT2D eigenvalue weighted by Crippen LogP contribution is 2.44. The molecule has 5 aromatic carbocycles. The van der Waals surface area contributed by atoms with E-state index in [1.165, 1.54) is 22.3 Å². The van der Waals surface area contributed by atoms with Crippen LogP contribution in [0.15, 0.2) is 126 Å². The summed E-state index contributed by atoms with van der Waals surface area (Å²) in [7, 11) is 0. The van der Waals surface area contributed by atoms with Crippen molar-refractivity contribution in [2.45, 2.75) is 12.1 Å². The third-order valence-corrected chi connectivity index (χ3v) is 9.22. The Morgan fingerprint density at radius 3 is 2.09 bits per heavy atom. The van der Waals surface area contributed by atoms with Gasteiger partial charge in [-0.3, -0.25) is 4.40 Å². The molecule has 3 aromatic heterocycles. The van der Waals surface area contributed by atoms with Gasteiger partial charge in [0.1, 0.15) is 11.2 Å². The van der Waals surface area contributed by atoms with E-state index in [0.29, 0.717) is 0 Å². The highest BCUT2D eigenvalue weighted by atomic mass is 16.3. The number of aromatic nitrogens is 2. The molecule has 0 radical (unpaired) electrons. The average molecular weight is 567 g/mol. The first kappa shape index (κ1) is 23.7. The number of imidazole rings is 1. The molecule has 5 nitrogen and oxygen atoms in total. The summed E-state index contributed by atoms with van der Waals surface area (Å²) >= 11 is 0. The number of furan rings is 1. The second kappa shape index (κ2) is 8.85. The van der Waals surface area contributed by atoms with Crippen molar-refractivity contribution in [1.29, 1.82) is 0 Å². The van der Waals surface area contributed by atoms with Crippen LogP contribution in [0.1, 0.15) is 34.3 Å². The van der Waals surface area contributed by atoms with Gasteiger partial charge in [-0.15, -0.1) is 0 Å². The van der Waals surface area contributed by atoms with Crippen LogP contribution >= 0.6 is 0 Å². The number of nitrogens with zero attached hydrogens (tertiary/aromatic N) is 2. The molecule has 0 amide bonds. The second-order valence-electron chi connectivity index (χ2n) is 11.7. The maximum atomic E-state index is 6.63. The minimum atomic E-state index is 0.00954. The molecule has 5 heteroatoms. The molecule has 8 aromatic rings. The van der Waals surface area contributed by atoms with Crippen LogP contribution in [0.4, 0.5) is 11.4 Å². The molecule has 10 rings (SSSR count). The lowest BCUT2D eigenvalue weighted by Crippen LogP contribution is -2.18. The van der Waals surface area contributed by atoms with E-state index in [-0.39, 0.29) is 12.1 Å². The molecule has 0 aliphatic carbocycles. The van der Waals surface area contributed by atoms with Crippen molar-refractivity contribution >= 4 is 73.0 Å². The fraction of sp³-hybridized carbons (Fsp3) is 0.0513. The third kappa shape index (κ3) is 3.32. The lowest BCUT2D eigenvalue weighted by atomic mass is 9.93. The van der Waals surface area contributed by atoms with Gasteiger partial charge in [0.25, 0.3) is 0 Å².